The summed E-state index contributed by atoms with van der Waals surface area (Å²) < 4.78 is 4.78. The molecule has 0 bridgehead atoms. The van der Waals surface area contributed by atoms with Gasteiger partial charge in [-0.15, -0.1) is 0 Å². The molecular formula is C12H19N3O2S. The lowest BCUT2D eigenvalue weighted by Crippen LogP contribution is -2.48. The van der Waals surface area contributed by atoms with Gasteiger partial charge in [0, 0.05) is 18.1 Å². The largest absolute Gasteiger partial charge is 0.468 e. The van der Waals surface area contributed by atoms with Gasteiger partial charge in [-0.05, 0) is 32.9 Å². The van der Waals surface area contributed by atoms with E-state index in [0.717, 1.165) is 16.5 Å². The van der Waals surface area contributed by atoms with E-state index in [-0.39, 0.29) is 5.97 Å². The minimum absolute atomic E-state index is 0.254. The molecule has 1 N–H and O–H groups in total. The van der Waals surface area contributed by atoms with Gasteiger partial charge in [0.25, 0.3) is 0 Å². The van der Waals surface area contributed by atoms with Gasteiger partial charge in [-0.3, -0.25) is 4.79 Å². The van der Waals surface area contributed by atoms with Crippen molar-refractivity contribution >= 4 is 17.7 Å². The summed E-state index contributed by atoms with van der Waals surface area (Å²) >= 11 is 1.53. The fourth-order valence-electron chi connectivity index (χ4n) is 1.36. The number of rotatable bonds is 6. The third-order valence-electron chi connectivity index (χ3n) is 2.78. The zero-order valence-corrected chi connectivity index (χ0v) is 12.0. The lowest BCUT2D eigenvalue weighted by atomic mass is 10.00. The molecule has 0 saturated heterocycles. The highest BCUT2D eigenvalue weighted by molar-refractivity contribution is 7.99. The predicted molar refractivity (Wildman–Crippen MR) is 71.6 cm³/mol. The van der Waals surface area contributed by atoms with E-state index in [1.165, 1.54) is 18.9 Å². The van der Waals surface area contributed by atoms with Crippen molar-refractivity contribution in [3.63, 3.8) is 0 Å². The van der Waals surface area contributed by atoms with E-state index in [1.54, 1.807) is 19.4 Å². The lowest BCUT2D eigenvalue weighted by molar-refractivity contribution is -0.147. The standard InChI is InChI=1S/C12H19N3O2S/c1-9-7-14-11(15-8-9)18-6-5-12(2,13-3)10(16)17-4/h7-8,13H,5-6H2,1-4H3. The third kappa shape index (κ3) is 3.96. The van der Waals surface area contributed by atoms with Gasteiger partial charge >= 0.3 is 5.97 Å². The molecule has 100 valence electrons. The molecule has 1 rings (SSSR count). The Morgan fingerprint density at radius 3 is 2.61 bits per heavy atom. The molecule has 1 unspecified atom stereocenters. The van der Waals surface area contributed by atoms with Gasteiger partial charge in [-0.2, -0.15) is 0 Å². The van der Waals surface area contributed by atoms with Crippen LogP contribution < -0.4 is 5.32 Å². The Kier molecular flexibility index (Phi) is 5.55. The van der Waals surface area contributed by atoms with Gasteiger partial charge in [0.1, 0.15) is 5.54 Å². The highest BCUT2D eigenvalue weighted by atomic mass is 32.2. The topological polar surface area (TPSA) is 64.1 Å². The molecule has 0 fully saturated rings. The summed E-state index contributed by atoms with van der Waals surface area (Å²) in [4.78, 5) is 20.0. The highest BCUT2D eigenvalue weighted by Gasteiger charge is 2.31. The van der Waals surface area contributed by atoms with Gasteiger partial charge in [0.2, 0.25) is 0 Å². The lowest BCUT2D eigenvalue weighted by Gasteiger charge is -2.25. The van der Waals surface area contributed by atoms with E-state index in [1.807, 2.05) is 13.8 Å². The molecule has 1 heterocycles. The third-order valence-corrected chi connectivity index (χ3v) is 3.66. The molecule has 0 aliphatic heterocycles. The first kappa shape index (κ1) is 14.9. The molecule has 0 aromatic carbocycles. The molecule has 0 aliphatic carbocycles. The maximum Gasteiger partial charge on any atom is 0.325 e. The summed E-state index contributed by atoms with van der Waals surface area (Å²) in [5.74, 6) is 0.491. The number of aryl methyl sites for hydroxylation is 1. The molecule has 0 aliphatic rings. The number of aromatic nitrogens is 2. The van der Waals surface area contributed by atoms with Crippen LogP contribution >= 0.6 is 11.8 Å². The van der Waals surface area contributed by atoms with Gasteiger partial charge < -0.3 is 10.1 Å². The molecular weight excluding hydrogens is 250 g/mol. The Morgan fingerprint density at radius 1 is 1.50 bits per heavy atom. The van der Waals surface area contributed by atoms with Crippen LogP contribution in [-0.4, -0.2) is 41.4 Å². The molecule has 6 heteroatoms. The number of ether oxygens (including phenoxy) is 1. The molecule has 0 spiro atoms. The summed E-state index contributed by atoms with van der Waals surface area (Å²) in [5.41, 5.74) is 0.376. The number of hydrogen-bond acceptors (Lipinski definition) is 6. The van der Waals surface area contributed by atoms with Crippen molar-refractivity contribution in [1.29, 1.82) is 0 Å². The number of hydrogen-bond donors (Lipinski definition) is 1. The average Bonchev–Trinajstić information content (AvgIpc) is 2.39. The number of esters is 1. The molecule has 0 radical (unpaired) electrons. The quantitative estimate of drug-likeness (QED) is 0.479. The second-order valence-electron chi connectivity index (χ2n) is 4.22. The van der Waals surface area contributed by atoms with Gasteiger partial charge in [-0.1, -0.05) is 11.8 Å². The number of nitrogens with one attached hydrogen (secondary N) is 1. The van der Waals surface area contributed by atoms with Crippen molar-refractivity contribution in [2.24, 2.45) is 0 Å². The van der Waals surface area contributed by atoms with Crippen molar-refractivity contribution < 1.29 is 9.53 Å². The number of methoxy groups -OCH3 is 1. The predicted octanol–water partition coefficient (Wildman–Crippen LogP) is 1.42. The highest BCUT2D eigenvalue weighted by Crippen LogP contribution is 2.19. The molecule has 0 saturated carbocycles. The summed E-state index contributed by atoms with van der Waals surface area (Å²) in [6.45, 7) is 3.78. The maximum atomic E-state index is 11.6. The number of carbonyl (C=O) groups excluding carboxylic acids is 1. The second-order valence-corrected chi connectivity index (χ2v) is 5.28. The molecule has 18 heavy (non-hydrogen) atoms. The second kappa shape index (κ2) is 6.70. The molecule has 0 amide bonds. The average molecular weight is 269 g/mol. The van der Waals surface area contributed by atoms with E-state index in [2.05, 4.69) is 15.3 Å². The van der Waals surface area contributed by atoms with Gasteiger partial charge in [0.05, 0.1) is 7.11 Å². The first-order valence-corrected chi connectivity index (χ1v) is 6.69. The fraction of sp³-hybridized carbons (Fsp3) is 0.583. The van der Waals surface area contributed by atoms with Crippen LogP contribution in [0.2, 0.25) is 0 Å². The summed E-state index contributed by atoms with van der Waals surface area (Å²) in [7, 11) is 3.15. The van der Waals surface area contributed by atoms with Crippen LogP contribution in [0.5, 0.6) is 0 Å². The minimum Gasteiger partial charge on any atom is -0.468 e. The Hall–Kier alpha value is -1.14. The normalized spacial score (nSPS) is 14.0. The Bertz CT molecular complexity index is 397. The monoisotopic (exact) mass is 269 g/mol. The van der Waals surface area contributed by atoms with Crippen LogP contribution in [0.25, 0.3) is 0 Å². The van der Waals surface area contributed by atoms with Crippen LogP contribution in [0.4, 0.5) is 0 Å². The maximum absolute atomic E-state index is 11.6. The van der Waals surface area contributed by atoms with E-state index >= 15 is 0 Å². The van der Waals surface area contributed by atoms with Crippen molar-refractivity contribution in [3.8, 4) is 0 Å². The summed E-state index contributed by atoms with van der Waals surface area (Å²) in [5, 5.41) is 3.72. The molecule has 5 nitrogen and oxygen atoms in total. The first-order valence-electron chi connectivity index (χ1n) is 5.70. The first-order chi connectivity index (χ1) is 8.51. The smallest absolute Gasteiger partial charge is 0.325 e. The number of thioether (sulfide) groups is 1. The van der Waals surface area contributed by atoms with Gasteiger partial charge in [0.15, 0.2) is 5.16 Å². The van der Waals surface area contributed by atoms with Crippen LogP contribution in [0.1, 0.15) is 18.9 Å². The molecule has 1 atom stereocenters. The van der Waals surface area contributed by atoms with E-state index in [9.17, 15) is 4.79 Å². The van der Waals surface area contributed by atoms with Crippen LogP contribution in [0.3, 0.4) is 0 Å². The zero-order valence-electron chi connectivity index (χ0n) is 11.2. The zero-order chi connectivity index (χ0) is 13.6. The number of nitrogens with zero attached hydrogens (tertiary/aromatic N) is 2. The van der Waals surface area contributed by atoms with E-state index in [4.69, 9.17) is 4.74 Å². The van der Waals surface area contributed by atoms with Crippen molar-refractivity contribution in [2.75, 3.05) is 19.9 Å². The van der Waals surface area contributed by atoms with Gasteiger partial charge in [-0.25, -0.2) is 9.97 Å². The van der Waals surface area contributed by atoms with E-state index < -0.39 is 5.54 Å². The number of carbonyl (C=O) groups is 1. The van der Waals surface area contributed by atoms with Crippen molar-refractivity contribution in [2.45, 2.75) is 31.0 Å². The van der Waals surface area contributed by atoms with Crippen molar-refractivity contribution in [1.82, 2.24) is 15.3 Å². The Balaban J connectivity index is 2.49. The van der Waals surface area contributed by atoms with Crippen LogP contribution in [0, 0.1) is 6.92 Å². The minimum atomic E-state index is -0.660. The number of likely N-dealkylation sites (N-methyl/N-ethyl adjacent to an activating group) is 1. The Labute approximate surface area is 112 Å². The Morgan fingerprint density at radius 2 is 2.11 bits per heavy atom. The SMILES string of the molecule is CNC(C)(CCSc1ncc(C)cn1)C(=O)OC. The molecule has 1 aromatic rings. The van der Waals surface area contributed by atoms with Crippen LogP contribution in [-0.2, 0) is 9.53 Å². The molecule has 1 aromatic heterocycles. The summed E-state index contributed by atoms with van der Waals surface area (Å²) in [6.07, 6.45) is 4.22. The van der Waals surface area contributed by atoms with Crippen LogP contribution in [0.15, 0.2) is 17.6 Å². The van der Waals surface area contributed by atoms with Crippen molar-refractivity contribution in [3.05, 3.63) is 18.0 Å². The summed E-state index contributed by atoms with van der Waals surface area (Å²) in [6, 6.07) is 0. The van der Waals surface area contributed by atoms with E-state index in [0.29, 0.717) is 6.42 Å². The fourth-order valence-corrected chi connectivity index (χ4v) is 2.30.